The van der Waals surface area contributed by atoms with Crippen LogP contribution in [0.3, 0.4) is 0 Å². The molecule has 2 aromatic rings. The van der Waals surface area contributed by atoms with E-state index in [0.29, 0.717) is 5.75 Å². The van der Waals surface area contributed by atoms with E-state index >= 15 is 0 Å². The van der Waals surface area contributed by atoms with Crippen molar-refractivity contribution in [2.75, 3.05) is 0 Å². The van der Waals surface area contributed by atoms with Gasteiger partial charge in [-0.1, -0.05) is 30.4 Å². The molecule has 0 radical (unpaired) electrons. The van der Waals surface area contributed by atoms with Gasteiger partial charge in [0.1, 0.15) is 5.75 Å². The third-order valence-electron chi connectivity index (χ3n) is 2.32. The van der Waals surface area contributed by atoms with E-state index in [9.17, 15) is 4.79 Å². The molecule has 0 aliphatic rings. The number of para-hydroxylation sites is 1. The van der Waals surface area contributed by atoms with Crippen molar-refractivity contribution in [1.29, 1.82) is 0 Å². The first-order chi connectivity index (χ1) is 9.20. The molecule has 0 aliphatic heterocycles. The minimum Gasteiger partial charge on any atom is -0.477 e. The number of allylic oxidation sites excluding steroid dienone is 1. The molecule has 2 rings (SSSR count). The Morgan fingerprint density at radius 1 is 1.32 bits per heavy atom. The fourth-order valence-electron chi connectivity index (χ4n) is 1.50. The maximum Gasteiger partial charge on any atom is 0.354 e. The van der Waals surface area contributed by atoms with Gasteiger partial charge in [0, 0.05) is 11.8 Å². The molecule has 1 heterocycles. The van der Waals surface area contributed by atoms with Gasteiger partial charge in [0.2, 0.25) is 0 Å². The number of ether oxygens (including phenoxy) is 1. The van der Waals surface area contributed by atoms with Crippen LogP contribution >= 0.6 is 0 Å². The lowest BCUT2D eigenvalue weighted by Gasteiger charge is -2.07. The number of carbonyl (C=O) groups is 1. The van der Waals surface area contributed by atoms with Crippen LogP contribution in [0.1, 0.15) is 23.0 Å². The highest BCUT2D eigenvalue weighted by atomic mass is 16.5. The number of hydrogen-bond acceptors (Lipinski definition) is 4. The van der Waals surface area contributed by atoms with Crippen molar-refractivity contribution in [3.63, 3.8) is 0 Å². The highest BCUT2D eigenvalue weighted by Crippen LogP contribution is 2.23. The summed E-state index contributed by atoms with van der Waals surface area (Å²) >= 11 is 0. The molecular weight excluding hydrogens is 244 g/mol. The number of nitrogens with zero attached hydrogens (tertiary/aromatic N) is 2. The van der Waals surface area contributed by atoms with Crippen LogP contribution in [0.25, 0.3) is 6.08 Å². The molecule has 0 aliphatic carbocycles. The summed E-state index contributed by atoms with van der Waals surface area (Å²) in [5.74, 6) is -0.544. The second-order valence-electron chi connectivity index (χ2n) is 3.67. The smallest absolute Gasteiger partial charge is 0.354 e. The van der Waals surface area contributed by atoms with Crippen molar-refractivity contribution < 1.29 is 14.6 Å². The Morgan fingerprint density at radius 2 is 2.11 bits per heavy atom. The molecule has 0 unspecified atom stereocenters. The number of aromatic nitrogens is 2. The fourth-order valence-corrected chi connectivity index (χ4v) is 1.50. The highest BCUT2D eigenvalue weighted by Gasteiger charge is 2.09. The SMILES string of the molecule is C/C=C/c1ccccc1Oc1nccc(C(=O)O)n1. The Hall–Kier alpha value is -2.69. The molecule has 0 saturated carbocycles. The van der Waals surface area contributed by atoms with Crippen LogP contribution in [-0.2, 0) is 0 Å². The Kier molecular flexibility index (Phi) is 3.87. The quantitative estimate of drug-likeness (QED) is 0.910. The molecule has 96 valence electrons. The topological polar surface area (TPSA) is 72.3 Å². The van der Waals surface area contributed by atoms with Crippen molar-refractivity contribution in [1.82, 2.24) is 9.97 Å². The third kappa shape index (κ3) is 3.16. The Morgan fingerprint density at radius 3 is 2.84 bits per heavy atom. The summed E-state index contributed by atoms with van der Waals surface area (Å²) in [5.41, 5.74) is 0.767. The van der Waals surface area contributed by atoms with E-state index in [1.807, 2.05) is 37.3 Å². The first kappa shape index (κ1) is 12.8. The van der Waals surface area contributed by atoms with Gasteiger partial charge < -0.3 is 9.84 Å². The summed E-state index contributed by atoms with van der Waals surface area (Å²) in [6, 6.07) is 8.69. The average molecular weight is 256 g/mol. The van der Waals surface area contributed by atoms with E-state index in [-0.39, 0.29) is 11.7 Å². The minimum absolute atomic E-state index is 0.0110. The molecule has 0 spiro atoms. The molecule has 0 amide bonds. The number of benzene rings is 1. The Balaban J connectivity index is 2.31. The molecule has 0 fully saturated rings. The van der Waals surface area contributed by atoms with Crippen molar-refractivity contribution in [2.24, 2.45) is 0 Å². The zero-order valence-electron chi connectivity index (χ0n) is 10.3. The van der Waals surface area contributed by atoms with Crippen LogP contribution in [0.2, 0.25) is 0 Å². The zero-order chi connectivity index (χ0) is 13.7. The lowest BCUT2D eigenvalue weighted by atomic mass is 10.2. The van der Waals surface area contributed by atoms with E-state index in [0.717, 1.165) is 5.56 Å². The summed E-state index contributed by atoms with van der Waals surface area (Å²) in [6.45, 7) is 1.90. The van der Waals surface area contributed by atoms with Crippen molar-refractivity contribution in [2.45, 2.75) is 6.92 Å². The molecule has 19 heavy (non-hydrogen) atoms. The van der Waals surface area contributed by atoms with Crippen molar-refractivity contribution >= 4 is 12.0 Å². The average Bonchev–Trinajstić information content (AvgIpc) is 2.41. The largest absolute Gasteiger partial charge is 0.477 e. The lowest BCUT2D eigenvalue weighted by Crippen LogP contribution is -2.02. The monoisotopic (exact) mass is 256 g/mol. The van der Waals surface area contributed by atoms with Gasteiger partial charge in [0.15, 0.2) is 5.69 Å². The van der Waals surface area contributed by atoms with Gasteiger partial charge in [-0.3, -0.25) is 0 Å². The normalized spacial score (nSPS) is 10.6. The first-order valence-electron chi connectivity index (χ1n) is 5.66. The first-order valence-corrected chi connectivity index (χ1v) is 5.66. The van der Waals surface area contributed by atoms with Crippen LogP contribution in [-0.4, -0.2) is 21.0 Å². The van der Waals surface area contributed by atoms with E-state index in [1.54, 1.807) is 6.07 Å². The maximum atomic E-state index is 10.8. The van der Waals surface area contributed by atoms with E-state index < -0.39 is 5.97 Å². The molecular formula is C14H12N2O3. The lowest BCUT2D eigenvalue weighted by molar-refractivity contribution is 0.0689. The minimum atomic E-state index is -1.12. The molecule has 1 N–H and O–H groups in total. The fraction of sp³-hybridized carbons (Fsp3) is 0.0714. The van der Waals surface area contributed by atoms with Crippen LogP contribution in [0, 0.1) is 0 Å². The summed E-state index contributed by atoms with van der Waals surface area (Å²) < 4.78 is 5.52. The van der Waals surface area contributed by atoms with Crippen LogP contribution in [0.5, 0.6) is 11.8 Å². The van der Waals surface area contributed by atoms with Gasteiger partial charge in [0.05, 0.1) is 0 Å². The molecule has 1 aromatic carbocycles. The van der Waals surface area contributed by atoms with Crippen LogP contribution in [0.15, 0.2) is 42.6 Å². The predicted octanol–water partition coefficient (Wildman–Crippen LogP) is 3.00. The van der Waals surface area contributed by atoms with Gasteiger partial charge >= 0.3 is 12.0 Å². The summed E-state index contributed by atoms with van der Waals surface area (Å²) in [4.78, 5) is 18.5. The van der Waals surface area contributed by atoms with Crippen LogP contribution < -0.4 is 4.74 Å². The summed E-state index contributed by atoms with van der Waals surface area (Å²) in [7, 11) is 0. The van der Waals surface area contributed by atoms with Crippen LogP contribution in [0.4, 0.5) is 0 Å². The summed E-state index contributed by atoms with van der Waals surface area (Å²) in [5, 5.41) is 8.86. The molecule has 5 heteroatoms. The second kappa shape index (κ2) is 5.77. The standard InChI is InChI=1S/C14H12N2O3/c1-2-5-10-6-3-4-7-12(10)19-14-15-9-8-11(16-14)13(17)18/h2-9H,1H3,(H,17,18)/b5-2+. The predicted molar refractivity (Wildman–Crippen MR) is 70.2 cm³/mol. The molecule has 0 atom stereocenters. The zero-order valence-corrected chi connectivity index (χ0v) is 10.3. The summed E-state index contributed by atoms with van der Waals surface area (Å²) in [6.07, 6.45) is 5.12. The van der Waals surface area contributed by atoms with Crippen molar-refractivity contribution in [3.8, 4) is 11.8 Å². The molecule has 0 bridgehead atoms. The van der Waals surface area contributed by atoms with E-state index in [1.165, 1.54) is 12.3 Å². The highest BCUT2D eigenvalue weighted by molar-refractivity contribution is 5.85. The van der Waals surface area contributed by atoms with Crippen molar-refractivity contribution in [3.05, 3.63) is 53.9 Å². The number of rotatable bonds is 4. The van der Waals surface area contributed by atoms with Gasteiger partial charge in [-0.15, -0.1) is 0 Å². The van der Waals surface area contributed by atoms with Gasteiger partial charge in [-0.25, -0.2) is 9.78 Å². The number of carboxylic acid groups (broad SMARTS) is 1. The Labute approximate surface area is 110 Å². The molecule has 0 saturated heterocycles. The molecule has 5 nitrogen and oxygen atoms in total. The van der Waals surface area contributed by atoms with E-state index in [4.69, 9.17) is 9.84 Å². The number of aromatic carboxylic acids is 1. The van der Waals surface area contributed by atoms with Gasteiger partial charge in [0.25, 0.3) is 0 Å². The molecule has 1 aromatic heterocycles. The van der Waals surface area contributed by atoms with Gasteiger partial charge in [-0.2, -0.15) is 4.98 Å². The Bertz CT molecular complexity index is 624. The van der Waals surface area contributed by atoms with Gasteiger partial charge in [-0.05, 0) is 19.1 Å². The third-order valence-corrected chi connectivity index (χ3v) is 2.32. The number of carboxylic acids is 1. The second-order valence-corrected chi connectivity index (χ2v) is 3.67. The number of hydrogen-bond donors (Lipinski definition) is 1. The van der Waals surface area contributed by atoms with E-state index in [2.05, 4.69) is 9.97 Å². The maximum absolute atomic E-state index is 10.8.